The van der Waals surface area contributed by atoms with Crippen molar-refractivity contribution in [2.75, 3.05) is 0 Å². The topological polar surface area (TPSA) is 43.1 Å². The Kier molecular flexibility index (Phi) is 2.61. The zero-order chi connectivity index (χ0) is 11.8. The van der Waals surface area contributed by atoms with Gasteiger partial charge >= 0.3 is 11.9 Å². The van der Waals surface area contributed by atoms with Crippen LogP contribution in [0.15, 0.2) is 12.1 Å². The number of nitro groups is 1. The first-order valence-corrected chi connectivity index (χ1v) is 3.44. The van der Waals surface area contributed by atoms with Crippen molar-refractivity contribution in [2.24, 2.45) is 0 Å². The summed E-state index contributed by atoms with van der Waals surface area (Å²) in [7, 11) is 0. The molecular weight excluding hydrogens is 225 g/mol. The van der Waals surface area contributed by atoms with Crippen LogP contribution in [0.2, 0.25) is 0 Å². The summed E-state index contributed by atoms with van der Waals surface area (Å²) in [5, 5.41) is 10.1. The Morgan fingerprint density at radius 2 is 1.67 bits per heavy atom. The van der Waals surface area contributed by atoms with Crippen LogP contribution in [0.5, 0.6) is 0 Å². The SMILES string of the molecule is O=[N+]([O-])c1cc(F)c(C(F)(F)F)cc1F. The van der Waals surface area contributed by atoms with E-state index in [-0.39, 0.29) is 12.1 Å². The van der Waals surface area contributed by atoms with E-state index in [4.69, 9.17) is 0 Å². The second-order valence-electron chi connectivity index (χ2n) is 2.54. The van der Waals surface area contributed by atoms with Crippen LogP contribution in [-0.2, 0) is 6.18 Å². The van der Waals surface area contributed by atoms with Crippen molar-refractivity contribution in [2.45, 2.75) is 6.18 Å². The van der Waals surface area contributed by atoms with Crippen molar-refractivity contribution < 1.29 is 26.9 Å². The summed E-state index contributed by atoms with van der Waals surface area (Å²) in [6.07, 6.45) is -5.08. The maximum Gasteiger partial charge on any atom is 0.419 e. The Morgan fingerprint density at radius 3 is 2.07 bits per heavy atom. The van der Waals surface area contributed by atoms with Gasteiger partial charge in [0, 0.05) is 0 Å². The van der Waals surface area contributed by atoms with Gasteiger partial charge < -0.3 is 0 Å². The van der Waals surface area contributed by atoms with Crippen molar-refractivity contribution in [3.63, 3.8) is 0 Å². The first kappa shape index (κ1) is 11.3. The summed E-state index contributed by atoms with van der Waals surface area (Å²) >= 11 is 0. The quantitative estimate of drug-likeness (QED) is 0.420. The molecule has 0 spiro atoms. The van der Waals surface area contributed by atoms with Crippen molar-refractivity contribution in [1.82, 2.24) is 0 Å². The molecule has 1 rings (SSSR count). The second kappa shape index (κ2) is 3.44. The highest BCUT2D eigenvalue weighted by molar-refractivity contribution is 5.37. The van der Waals surface area contributed by atoms with Crippen LogP contribution in [0.3, 0.4) is 0 Å². The first-order valence-electron chi connectivity index (χ1n) is 3.44. The summed E-state index contributed by atoms with van der Waals surface area (Å²) in [5.74, 6) is -3.61. The molecule has 0 bridgehead atoms. The monoisotopic (exact) mass is 227 g/mol. The van der Waals surface area contributed by atoms with Gasteiger partial charge in [0.05, 0.1) is 16.6 Å². The lowest BCUT2D eigenvalue weighted by atomic mass is 10.2. The molecule has 1 aromatic rings. The molecule has 0 saturated carbocycles. The smallest absolute Gasteiger partial charge is 0.258 e. The van der Waals surface area contributed by atoms with Gasteiger partial charge in [0.1, 0.15) is 5.82 Å². The van der Waals surface area contributed by atoms with Crippen LogP contribution >= 0.6 is 0 Å². The largest absolute Gasteiger partial charge is 0.419 e. The van der Waals surface area contributed by atoms with Crippen LogP contribution in [0.1, 0.15) is 5.56 Å². The molecule has 82 valence electrons. The third kappa shape index (κ3) is 2.20. The molecule has 0 aromatic heterocycles. The fourth-order valence-corrected chi connectivity index (χ4v) is 0.893. The average Bonchev–Trinajstić information content (AvgIpc) is 2.06. The normalized spacial score (nSPS) is 11.5. The lowest BCUT2D eigenvalue weighted by Gasteiger charge is -2.07. The molecule has 0 saturated heterocycles. The third-order valence-electron chi connectivity index (χ3n) is 1.54. The molecule has 0 amide bonds. The molecule has 3 nitrogen and oxygen atoms in total. The van der Waals surface area contributed by atoms with E-state index < -0.39 is 34.0 Å². The van der Waals surface area contributed by atoms with Crippen LogP contribution in [0.4, 0.5) is 27.6 Å². The average molecular weight is 227 g/mol. The number of alkyl halides is 3. The fraction of sp³-hybridized carbons (Fsp3) is 0.143. The molecule has 0 N–H and O–H groups in total. The number of rotatable bonds is 1. The van der Waals surface area contributed by atoms with Gasteiger partial charge in [-0.25, -0.2) is 4.39 Å². The number of nitro benzene ring substituents is 1. The maximum atomic E-state index is 12.7. The van der Waals surface area contributed by atoms with Crippen molar-refractivity contribution in [3.8, 4) is 0 Å². The van der Waals surface area contributed by atoms with Crippen LogP contribution in [0.25, 0.3) is 0 Å². The van der Waals surface area contributed by atoms with Crippen LogP contribution in [0, 0.1) is 21.7 Å². The molecule has 0 aliphatic heterocycles. The minimum absolute atomic E-state index is 0.0991. The summed E-state index contributed by atoms with van der Waals surface area (Å²) in [5.41, 5.74) is -3.20. The molecule has 0 radical (unpaired) electrons. The van der Waals surface area contributed by atoms with Crippen LogP contribution in [-0.4, -0.2) is 4.92 Å². The summed E-state index contributed by atoms with van der Waals surface area (Å²) < 4.78 is 61.4. The number of nitrogens with zero attached hydrogens (tertiary/aromatic N) is 1. The van der Waals surface area contributed by atoms with E-state index in [0.29, 0.717) is 0 Å². The Morgan fingerprint density at radius 1 is 1.13 bits per heavy atom. The second-order valence-corrected chi connectivity index (χ2v) is 2.54. The van der Waals surface area contributed by atoms with Crippen molar-refractivity contribution in [1.29, 1.82) is 0 Å². The number of halogens is 5. The first-order chi connectivity index (χ1) is 6.73. The molecule has 1 aromatic carbocycles. The Labute approximate surface area is 79.3 Å². The van der Waals surface area contributed by atoms with Gasteiger partial charge in [0.2, 0.25) is 5.82 Å². The highest BCUT2D eigenvalue weighted by atomic mass is 19.4. The zero-order valence-corrected chi connectivity index (χ0v) is 6.81. The molecule has 0 fully saturated rings. The van der Waals surface area contributed by atoms with Crippen LogP contribution < -0.4 is 0 Å². The predicted molar refractivity (Wildman–Crippen MR) is 38.0 cm³/mol. The van der Waals surface area contributed by atoms with Crippen molar-refractivity contribution in [3.05, 3.63) is 39.4 Å². The highest BCUT2D eigenvalue weighted by Gasteiger charge is 2.36. The Bertz CT molecular complexity index is 415. The van der Waals surface area contributed by atoms with E-state index in [1.165, 1.54) is 0 Å². The summed E-state index contributed by atoms with van der Waals surface area (Å²) in [4.78, 5) is 8.75. The molecule has 15 heavy (non-hydrogen) atoms. The van der Waals surface area contributed by atoms with Gasteiger partial charge in [-0.15, -0.1) is 0 Å². The standard InChI is InChI=1S/C7H2F5NO2/c8-4-2-6(13(14)15)5(9)1-3(4)7(10,11)12/h1-2H. The summed E-state index contributed by atoms with van der Waals surface area (Å²) in [6, 6.07) is -0.342. The Balaban J connectivity index is 3.39. The molecule has 0 atom stereocenters. The van der Waals surface area contributed by atoms with Gasteiger partial charge in [-0.1, -0.05) is 0 Å². The molecule has 0 aliphatic carbocycles. The van der Waals surface area contributed by atoms with Gasteiger partial charge in [0.15, 0.2) is 0 Å². The lowest BCUT2D eigenvalue weighted by molar-refractivity contribution is -0.387. The minimum Gasteiger partial charge on any atom is -0.258 e. The minimum atomic E-state index is -5.08. The highest BCUT2D eigenvalue weighted by Crippen LogP contribution is 2.34. The van der Waals surface area contributed by atoms with Gasteiger partial charge in [-0.05, 0) is 6.07 Å². The van der Waals surface area contributed by atoms with E-state index in [1.807, 2.05) is 0 Å². The van der Waals surface area contributed by atoms with Gasteiger partial charge in [-0.3, -0.25) is 10.1 Å². The summed E-state index contributed by atoms with van der Waals surface area (Å²) in [6.45, 7) is 0. The molecule has 8 heteroatoms. The number of benzene rings is 1. The Hall–Kier alpha value is -1.73. The number of hydrogen-bond donors (Lipinski definition) is 0. The van der Waals surface area contributed by atoms with E-state index in [9.17, 15) is 32.1 Å². The molecule has 0 unspecified atom stereocenters. The molecule has 0 aliphatic rings. The van der Waals surface area contributed by atoms with Crippen molar-refractivity contribution >= 4 is 5.69 Å². The predicted octanol–water partition coefficient (Wildman–Crippen LogP) is 2.89. The maximum absolute atomic E-state index is 12.7. The van der Waals surface area contributed by atoms with Gasteiger partial charge in [0.25, 0.3) is 0 Å². The van der Waals surface area contributed by atoms with E-state index in [0.717, 1.165) is 0 Å². The fourth-order valence-electron chi connectivity index (χ4n) is 0.893. The zero-order valence-electron chi connectivity index (χ0n) is 6.81. The van der Waals surface area contributed by atoms with Gasteiger partial charge in [-0.2, -0.15) is 17.6 Å². The van der Waals surface area contributed by atoms with E-state index in [1.54, 1.807) is 0 Å². The van der Waals surface area contributed by atoms with E-state index in [2.05, 4.69) is 0 Å². The van der Waals surface area contributed by atoms with E-state index >= 15 is 0 Å². The molecule has 0 heterocycles. The lowest BCUT2D eigenvalue weighted by Crippen LogP contribution is -2.09. The molecular formula is C7H2F5NO2. The third-order valence-corrected chi connectivity index (χ3v) is 1.54. The number of hydrogen-bond acceptors (Lipinski definition) is 2.